The Bertz CT molecular complexity index is 727. The van der Waals surface area contributed by atoms with Crippen LogP contribution in [0.1, 0.15) is 121 Å². The Morgan fingerprint density at radius 3 is 2.03 bits per heavy atom. The Labute approximate surface area is 198 Å². The number of ether oxygens (including phenoxy) is 1. The quantitative estimate of drug-likeness (QED) is 0.323. The van der Waals surface area contributed by atoms with Gasteiger partial charge >= 0.3 is 0 Å². The fraction of sp³-hybridized carbons (Fsp3) is 0.793. The van der Waals surface area contributed by atoms with Crippen LogP contribution in [0.4, 0.5) is 0 Å². The van der Waals surface area contributed by atoms with Crippen LogP contribution in [0.5, 0.6) is 11.5 Å². The molecule has 1 aromatic rings. The van der Waals surface area contributed by atoms with Crippen molar-refractivity contribution >= 4 is 0 Å². The molecule has 0 radical (unpaired) electrons. The third-order valence-electron chi connectivity index (χ3n) is 7.91. The number of fused-ring (bicyclic) bond motifs is 1. The van der Waals surface area contributed by atoms with Gasteiger partial charge in [0.25, 0.3) is 0 Å². The number of phenolic OH excluding ortho intramolecular Hbond substituents is 1. The molecule has 1 heterocycles. The van der Waals surface area contributed by atoms with Crippen molar-refractivity contribution in [1.29, 1.82) is 0 Å². The highest BCUT2D eigenvalue weighted by atomic mass is 16.5. The Hall–Kier alpha value is -1.22. The summed E-state index contributed by atoms with van der Waals surface area (Å²) in [5.74, 6) is 3.85. The Kier molecular flexibility index (Phi) is 10.4. The molecule has 0 spiro atoms. The van der Waals surface area contributed by atoms with Crippen molar-refractivity contribution in [2.45, 2.75) is 131 Å². The number of aromatic hydroxyl groups is 1. The first-order valence-corrected chi connectivity index (χ1v) is 13.3. The van der Waals surface area contributed by atoms with Crippen LogP contribution in [-0.4, -0.2) is 10.7 Å². The molecule has 0 saturated heterocycles. The highest BCUT2D eigenvalue weighted by molar-refractivity contribution is 5.58. The lowest BCUT2D eigenvalue weighted by Crippen LogP contribution is -2.37. The van der Waals surface area contributed by atoms with Crippen molar-refractivity contribution < 1.29 is 9.84 Å². The summed E-state index contributed by atoms with van der Waals surface area (Å²) in [5.41, 5.74) is 9.81. The highest BCUT2D eigenvalue weighted by Gasteiger charge is 2.34. The number of hydrogen-bond donors (Lipinski definition) is 2. The summed E-state index contributed by atoms with van der Waals surface area (Å²) in [7, 11) is 0. The number of nitrogens with two attached hydrogens (primary N) is 1. The molecule has 0 unspecified atom stereocenters. The van der Waals surface area contributed by atoms with Crippen molar-refractivity contribution in [3.8, 4) is 11.5 Å². The van der Waals surface area contributed by atoms with Crippen LogP contribution in [-0.2, 0) is 13.0 Å². The molecule has 1 aromatic carbocycles. The molecule has 32 heavy (non-hydrogen) atoms. The van der Waals surface area contributed by atoms with E-state index in [1.54, 1.807) is 0 Å². The first-order chi connectivity index (χ1) is 15.1. The summed E-state index contributed by atoms with van der Waals surface area (Å²) in [4.78, 5) is 0. The predicted molar refractivity (Wildman–Crippen MR) is 138 cm³/mol. The largest absolute Gasteiger partial charge is 0.507 e. The second-order valence-electron chi connectivity index (χ2n) is 11.5. The molecule has 0 fully saturated rings. The molecule has 2 rings (SSSR count). The molecular weight excluding hydrogens is 394 g/mol. The van der Waals surface area contributed by atoms with Crippen LogP contribution < -0.4 is 10.5 Å². The normalized spacial score (nSPS) is 20.2. The third-order valence-corrected chi connectivity index (χ3v) is 7.91. The van der Waals surface area contributed by atoms with Crippen LogP contribution in [0.15, 0.2) is 0 Å². The van der Waals surface area contributed by atoms with Crippen molar-refractivity contribution in [1.82, 2.24) is 0 Å². The predicted octanol–water partition coefficient (Wildman–Crippen LogP) is 7.99. The van der Waals surface area contributed by atoms with Crippen LogP contribution in [0.2, 0.25) is 0 Å². The molecule has 0 aliphatic carbocycles. The van der Waals surface area contributed by atoms with Gasteiger partial charge in [0.05, 0.1) is 0 Å². The lowest BCUT2D eigenvalue weighted by molar-refractivity contribution is 0.0511. The zero-order valence-electron chi connectivity index (χ0n) is 22.2. The number of phenols is 1. The van der Waals surface area contributed by atoms with Gasteiger partial charge in [-0.3, -0.25) is 0 Å². The van der Waals surface area contributed by atoms with E-state index in [0.29, 0.717) is 12.3 Å². The minimum atomic E-state index is -0.113. The zero-order chi connectivity index (χ0) is 23.9. The minimum Gasteiger partial charge on any atom is -0.507 e. The van der Waals surface area contributed by atoms with Gasteiger partial charge in [-0.1, -0.05) is 72.6 Å². The van der Waals surface area contributed by atoms with Gasteiger partial charge in [-0.25, -0.2) is 0 Å². The van der Waals surface area contributed by atoms with Crippen molar-refractivity contribution in [3.05, 3.63) is 22.3 Å². The van der Waals surface area contributed by atoms with Gasteiger partial charge < -0.3 is 15.6 Å². The van der Waals surface area contributed by atoms with E-state index in [2.05, 4.69) is 41.5 Å². The molecular formula is C29H51NO2. The molecule has 0 amide bonds. The van der Waals surface area contributed by atoms with Gasteiger partial charge in [-0.2, -0.15) is 0 Å². The summed E-state index contributed by atoms with van der Waals surface area (Å²) in [5, 5.41) is 10.5. The average Bonchev–Trinajstić information content (AvgIpc) is 2.73. The van der Waals surface area contributed by atoms with Gasteiger partial charge in [0.2, 0.25) is 0 Å². The first kappa shape index (κ1) is 27.0. The lowest BCUT2D eigenvalue weighted by Gasteiger charge is -2.38. The van der Waals surface area contributed by atoms with E-state index in [1.807, 2.05) is 6.92 Å². The lowest BCUT2D eigenvalue weighted by atomic mass is 9.83. The van der Waals surface area contributed by atoms with E-state index in [9.17, 15) is 5.11 Å². The van der Waals surface area contributed by atoms with E-state index in [0.717, 1.165) is 65.0 Å². The molecule has 184 valence electrons. The van der Waals surface area contributed by atoms with Gasteiger partial charge in [-0.05, 0) is 75.3 Å². The van der Waals surface area contributed by atoms with E-state index >= 15 is 0 Å². The summed E-state index contributed by atoms with van der Waals surface area (Å²) in [6, 6.07) is 0. The fourth-order valence-corrected chi connectivity index (χ4v) is 5.37. The van der Waals surface area contributed by atoms with Gasteiger partial charge in [0.1, 0.15) is 17.1 Å². The Morgan fingerprint density at radius 2 is 1.47 bits per heavy atom. The summed E-state index contributed by atoms with van der Waals surface area (Å²) in [6.45, 7) is 16.2. The average molecular weight is 446 g/mol. The number of hydrogen-bond acceptors (Lipinski definition) is 3. The van der Waals surface area contributed by atoms with Crippen molar-refractivity contribution in [2.24, 2.45) is 23.5 Å². The standard InChI is InChI=1S/C29H51NO2/c1-20(2)11-8-12-21(3)13-9-14-22(4)15-10-17-29(7)18-16-25-26(19-30)27(31)23(5)24(6)28(25)32-29/h20-22,31H,8-19,30H2,1-7H3/t21-,22-,29-/m1/s1. The van der Waals surface area contributed by atoms with Crippen molar-refractivity contribution in [2.75, 3.05) is 0 Å². The number of rotatable bonds is 13. The molecule has 1 aliphatic rings. The molecule has 0 saturated carbocycles. The maximum atomic E-state index is 10.5. The topological polar surface area (TPSA) is 55.5 Å². The molecule has 3 N–H and O–H groups in total. The van der Waals surface area contributed by atoms with E-state index in [-0.39, 0.29) is 5.60 Å². The molecule has 3 heteroatoms. The van der Waals surface area contributed by atoms with Gasteiger partial charge in [-0.15, -0.1) is 0 Å². The van der Waals surface area contributed by atoms with E-state index in [1.165, 1.54) is 51.4 Å². The number of benzene rings is 1. The fourth-order valence-electron chi connectivity index (χ4n) is 5.37. The Morgan fingerprint density at radius 1 is 0.906 bits per heavy atom. The van der Waals surface area contributed by atoms with E-state index < -0.39 is 0 Å². The molecule has 1 aliphatic heterocycles. The smallest absolute Gasteiger partial charge is 0.127 e. The van der Waals surface area contributed by atoms with Gasteiger partial charge in [0, 0.05) is 17.7 Å². The monoisotopic (exact) mass is 445 g/mol. The molecule has 3 atom stereocenters. The van der Waals surface area contributed by atoms with Gasteiger partial charge in [0.15, 0.2) is 0 Å². The Balaban J connectivity index is 1.77. The second-order valence-corrected chi connectivity index (χ2v) is 11.5. The summed E-state index contributed by atoms with van der Waals surface area (Å²) in [6.07, 6.45) is 13.8. The van der Waals surface area contributed by atoms with E-state index in [4.69, 9.17) is 10.5 Å². The SMILES string of the molecule is Cc1c(C)c2c(c(CN)c1O)CC[C@@](C)(CCC[C@H](C)CCC[C@H](C)CCCC(C)C)O2. The van der Waals surface area contributed by atoms with Crippen LogP contribution in [0, 0.1) is 31.6 Å². The zero-order valence-corrected chi connectivity index (χ0v) is 22.2. The molecule has 0 bridgehead atoms. The summed E-state index contributed by atoms with van der Waals surface area (Å²) < 4.78 is 6.61. The summed E-state index contributed by atoms with van der Waals surface area (Å²) >= 11 is 0. The minimum absolute atomic E-state index is 0.113. The van der Waals surface area contributed by atoms with Crippen LogP contribution in [0.3, 0.4) is 0 Å². The first-order valence-electron chi connectivity index (χ1n) is 13.3. The second kappa shape index (κ2) is 12.3. The molecule has 3 nitrogen and oxygen atoms in total. The van der Waals surface area contributed by atoms with Crippen molar-refractivity contribution in [3.63, 3.8) is 0 Å². The highest BCUT2D eigenvalue weighted by Crippen LogP contribution is 2.44. The maximum absolute atomic E-state index is 10.5. The van der Waals surface area contributed by atoms with Crippen LogP contribution in [0.25, 0.3) is 0 Å². The molecule has 0 aromatic heterocycles. The third kappa shape index (κ3) is 7.40. The maximum Gasteiger partial charge on any atom is 0.127 e. The van der Waals surface area contributed by atoms with Crippen LogP contribution >= 0.6 is 0 Å².